The van der Waals surface area contributed by atoms with Crippen molar-refractivity contribution in [1.29, 1.82) is 0 Å². The van der Waals surface area contributed by atoms with Gasteiger partial charge in [-0.1, -0.05) is 0 Å². The van der Waals surface area contributed by atoms with E-state index in [4.69, 9.17) is 9.84 Å². The van der Waals surface area contributed by atoms with E-state index in [1.165, 1.54) is 21.0 Å². The van der Waals surface area contributed by atoms with E-state index in [9.17, 15) is 18.0 Å². The standard InChI is InChI=1S/C11H21NO6S/c1-8(7-10(13)14)19(16,17)9(2)11(15)12-5-4-6-18-3/h8-9H,4-7H2,1-3H3,(H,12,15)(H,13,14). The molecule has 0 aromatic carbocycles. The van der Waals surface area contributed by atoms with Crippen LogP contribution in [0.1, 0.15) is 26.7 Å². The van der Waals surface area contributed by atoms with E-state index in [2.05, 4.69) is 5.32 Å². The first-order valence-electron chi connectivity index (χ1n) is 5.94. The molecule has 0 radical (unpaired) electrons. The van der Waals surface area contributed by atoms with E-state index in [-0.39, 0.29) is 0 Å². The van der Waals surface area contributed by atoms with E-state index < -0.39 is 38.6 Å². The summed E-state index contributed by atoms with van der Waals surface area (Å²) in [6.45, 7) is 3.34. The average Bonchev–Trinajstić information content (AvgIpc) is 2.32. The number of carbonyl (C=O) groups is 2. The Morgan fingerprint density at radius 3 is 2.37 bits per heavy atom. The molecule has 0 fully saturated rings. The van der Waals surface area contributed by atoms with Crippen LogP contribution < -0.4 is 5.32 Å². The second-order valence-corrected chi connectivity index (χ2v) is 6.97. The Bertz CT molecular complexity index is 405. The maximum atomic E-state index is 11.9. The first-order valence-corrected chi connectivity index (χ1v) is 7.55. The van der Waals surface area contributed by atoms with Crippen LogP contribution in [0, 0.1) is 0 Å². The monoisotopic (exact) mass is 295 g/mol. The summed E-state index contributed by atoms with van der Waals surface area (Å²) in [6, 6.07) is 0. The van der Waals surface area contributed by atoms with E-state index >= 15 is 0 Å². The first kappa shape index (κ1) is 17.8. The van der Waals surface area contributed by atoms with Gasteiger partial charge in [-0.05, 0) is 20.3 Å². The van der Waals surface area contributed by atoms with Crippen molar-refractivity contribution in [2.45, 2.75) is 37.2 Å². The van der Waals surface area contributed by atoms with Crippen LogP contribution in [0.25, 0.3) is 0 Å². The molecule has 2 N–H and O–H groups in total. The van der Waals surface area contributed by atoms with E-state index in [0.29, 0.717) is 19.6 Å². The van der Waals surface area contributed by atoms with Gasteiger partial charge in [-0.15, -0.1) is 0 Å². The zero-order valence-corrected chi connectivity index (χ0v) is 12.2. The Morgan fingerprint density at radius 2 is 1.89 bits per heavy atom. The molecule has 0 bridgehead atoms. The fourth-order valence-electron chi connectivity index (χ4n) is 1.43. The molecular formula is C11H21NO6S. The SMILES string of the molecule is COCCCNC(=O)C(C)S(=O)(=O)C(C)CC(=O)O. The number of rotatable bonds is 9. The summed E-state index contributed by atoms with van der Waals surface area (Å²) < 4.78 is 28.7. The molecule has 0 saturated carbocycles. The van der Waals surface area contributed by atoms with Gasteiger partial charge in [-0.25, -0.2) is 8.42 Å². The molecule has 0 aliphatic rings. The highest BCUT2D eigenvalue weighted by Crippen LogP contribution is 2.13. The quantitative estimate of drug-likeness (QED) is 0.570. The van der Waals surface area contributed by atoms with E-state index in [1.54, 1.807) is 0 Å². The number of hydrogen-bond donors (Lipinski definition) is 2. The van der Waals surface area contributed by atoms with Gasteiger partial charge in [0, 0.05) is 20.3 Å². The van der Waals surface area contributed by atoms with Gasteiger partial charge in [0.25, 0.3) is 0 Å². The summed E-state index contributed by atoms with van der Waals surface area (Å²) in [5, 5.41) is 8.72. The average molecular weight is 295 g/mol. The van der Waals surface area contributed by atoms with Crippen molar-refractivity contribution in [2.24, 2.45) is 0 Å². The van der Waals surface area contributed by atoms with Gasteiger partial charge < -0.3 is 15.2 Å². The topological polar surface area (TPSA) is 110 Å². The van der Waals surface area contributed by atoms with Gasteiger partial charge in [0.2, 0.25) is 5.91 Å². The largest absolute Gasteiger partial charge is 0.481 e. The van der Waals surface area contributed by atoms with Crippen molar-refractivity contribution in [3.8, 4) is 0 Å². The van der Waals surface area contributed by atoms with Gasteiger partial charge in [-0.3, -0.25) is 9.59 Å². The normalized spacial score (nSPS) is 14.7. The van der Waals surface area contributed by atoms with Crippen molar-refractivity contribution in [2.75, 3.05) is 20.3 Å². The van der Waals surface area contributed by atoms with Crippen molar-refractivity contribution >= 4 is 21.7 Å². The predicted octanol–water partition coefficient (Wildman–Crippen LogP) is -0.194. The lowest BCUT2D eigenvalue weighted by Gasteiger charge is -2.17. The first-order chi connectivity index (χ1) is 8.73. The number of ether oxygens (including phenoxy) is 1. The summed E-state index contributed by atoms with van der Waals surface area (Å²) in [4.78, 5) is 22.2. The van der Waals surface area contributed by atoms with Crippen molar-refractivity contribution in [3.63, 3.8) is 0 Å². The van der Waals surface area contributed by atoms with Gasteiger partial charge >= 0.3 is 5.97 Å². The Hall–Kier alpha value is -1.15. The number of carbonyl (C=O) groups excluding carboxylic acids is 1. The molecule has 0 aliphatic carbocycles. The highest BCUT2D eigenvalue weighted by atomic mass is 32.2. The Balaban J connectivity index is 4.48. The summed E-state index contributed by atoms with van der Waals surface area (Å²) in [6.07, 6.45) is 0.0727. The Labute approximate surface area is 113 Å². The molecular weight excluding hydrogens is 274 g/mol. The number of hydrogen-bond acceptors (Lipinski definition) is 5. The highest BCUT2D eigenvalue weighted by Gasteiger charge is 2.33. The number of carboxylic acid groups (broad SMARTS) is 1. The maximum absolute atomic E-state index is 11.9. The lowest BCUT2D eigenvalue weighted by molar-refractivity contribution is -0.137. The molecule has 1 amide bonds. The van der Waals surface area contributed by atoms with Gasteiger partial charge in [0.05, 0.1) is 11.7 Å². The number of aliphatic carboxylic acids is 1. The molecule has 0 spiro atoms. The molecule has 2 atom stereocenters. The van der Waals surface area contributed by atoms with Crippen molar-refractivity contribution < 1.29 is 27.9 Å². The van der Waals surface area contributed by atoms with Crippen LogP contribution in [0.5, 0.6) is 0 Å². The van der Waals surface area contributed by atoms with Crippen molar-refractivity contribution in [3.05, 3.63) is 0 Å². The minimum Gasteiger partial charge on any atom is -0.481 e. The second-order valence-electron chi connectivity index (χ2n) is 4.28. The van der Waals surface area contributed by atoms with Crippen LogP contribution in [0.4, 0.5) is 0 Å². The van der Waals surface area contributed by atoms with Gasteiger partial charge in [0.1, 0.15) is 5.25 Å². The number of nitrogens with one attached hydrogen (secondary N) is 1. The summed E-state index contributed by atoms with van der Waals surface area (Å²) in [7, 11) is -2.27. The molecule has 7 nitrogen and oxygen atoms in total. The highest BCUT2D eigenvalue weighted by molar-refractivity contribution is 7.93. The van der Waals surface area contributed by atoms with Crippen LogP contribution in [0.15, 0.2) is 0 Å². The molecule has 0 aromatic heterocycles. The number of amides is 1. The smallest absolute Gasteiger partial charge is 0.304 e. The predicted molar refractivity (Wildman–Crippen MR) is 69.6 cm³/mol. The third-order valence-corrected chi connectivity index (χ3v) is 5.20. The number of sulfone groups is 1. The van der Waals surface area contributed by atoms with Gasteiger partial charge in [-0.2, -0.15) is 0 Å². The third kappa shape index (κ3) is 6.02. The molecule has 0 aliphatic heterocycles. The molecule has 2 unspecified atom stereocenters. The van der Waals surface area contributed by atoms with Gasteiger partial charge in [0.15, 0.2) is 9.84 Å². The molecule has 0 rings (SSSR count). The van der Waals surface area contributed by atoms with Crippen molar-refractivity contribution in [1.82, 2.24) is 5.32 Å². The molecule has 8 heteroatoms. The lowest BCUT2D eigenvalue weighted by Crippen LogP contribution is -2.42. The maximum Gasteiger partial charge on any atom is 0.304 e. The number of carboxylic acids is 1. The molecule has 0 saturated heterocycles. The van der Waals surface area contributed by atoms with Crippen LogP contribution in [-0.2, 0) is 24.2 Å². The van der Waals surface area contributed by atoms with Crippen LogP contribution in [0.2, 0.25) is 0 Å². The lowest BCUT2D eigenvalue weighted by atomic mass is 10.3. The summed E-state index contributed by atoms with van der Waals surface area (Å²) in [5.74, 6) is -1.82. The van der Waals surface area contributed by atoms with E-state index in [0.717, 1.165) is 0 Å². The molecule has 0 heterocycles. The summed E-state index contributed by atoms with van der Waals surface area (Å²) in [5.41, 5.74) is 0. The minimum atomic E-state index is -3.80. The summed E-state index contributed by atoms with van der Waals surface area (Å²) >= 11 is 0. The van der Waals surface area contributed by atoms with Crippen LogP contribution in [0.3, 0.4) is 0 Å². The van der Waals surface area contributed by atoms with Crippen LogP contribution in [-0.4, -0.2) is 56.2 Å². The Morgan fingerprint density at radius 1 is 1.32 bits per heavy atom. The molecule has 0 aromatic rings. The molecule has 112 valence electrons. The zero-order valence-electron chi connectivity index (χ0n) is 11.4. The molecule has 19 heavy (non-hydrogen) atoms. The Kier molecular flexibility index (Phi) is 7.62. The van der Waals surface area contributed by atoms with Crippen LogP contribution >= 0.6 is 0 Å². The number of methoxy groups -OCH3 is 1. The fourth-order valence-corrected chi connectivity index (χ4v) is 2.89. The van der Waals surface area contributed by atoms with E-state index in [1.807, 2.05) is 0 Å². The second kappa shape index (κ2) is 8.11. The zero-order chi connectivity index (χ0) is 15.1. The third-order valence-electron chi connectivity index (χ3n) is 2.71. The minimum absolute atomic E-state index is 0.319. The fraction of sp³-hybridized carbons (Fsp3) is 0.818.